The first kappa shape index (κ1) is 8.97. The van der Waals surface area contributed by atoms with Crippen molar-refractivity contribution < 1.29 is 9.53 Å². The molecule has 0 unspecified atom stereocenters. The van der Waals surface area contributed by atoms with Crippen molar-refractivity contribution in [3.63, 3.8) is 0 Å². The lowest BCUT2D eigenvalue weighted by Crippen LogP contribution is -2.08. The molecule has 4 nitrogen and oxygen atoms in total. The van der Waals surface area contributed by atoms with Gasteiger partial charge in [0, 0.05) is 0 Å². The zero-order valence-corrected chi connectivity index (χ0v) is 3.60. The molecule has 1 amide bonds. The molecule has 0 atom stereocenters. The predicted molar refractivity (Wildman–Crippen MR) is 21.6 cm³/mol. The highest BCUT2D eigenvalue weighted by atomic mass is 16.5. The Morgan fingerprint density at radius 2 is 2.00 bits per heavy atom. The summed E-state index contributed by atoms with van der Waals surface area (Å²) in [6.45, 7) is 0. The van der Waals surface area contributed by atoms with Crippen molar-refractivity contribution in [2.45, 2.75) is 0 Å². The number of carbonyl (C=O) groups excluding carboxylic acids is 1. The van der Waals surface area contributed by atoms with Gasteiger partial charge in [-0.2, -0.15) is 0 Å². The molecular weight excluding hydrogens is 84.0 g/mol. The lowest BCUT2D eigenvalue weighted by Gasteiger charge is -1.81. The molecule has 0 aromatic rings. The van der Waals surface area contributed by atoms with Gasteiger partial charge in [-0.15, -0.1) is 0 Å². The van der Waals surface area contributed by atoms with Crippen LogP contribution in [0.1, 0.15) is 0 Å². The maximum Gasteiger partial charge on any atom is 0.404 e. The molecule has 5 N–H and O–H groups in total. The predicted octanol–water partition coefficient (Wildman–Crippen LogP) is -0.127. The van der Waals surface area contributed by atoms with Crippen LogP contribution >= 0.6 is 0 Å². The van der Waals surface area contributed by atoms with Gasteiger partial charge >= 0.3 is 6.09 Å². The lowest BCUT2D eigenvalue weighted by molar-refractivity contribution is 0.182. The third-order valence-corrected chi connectivity index (χ3v) is 0.201. The molecule has 4 heteroatoms. The first-order chi connectivity index (χ1) is 2.27. The summed E-state index contributed by atoms with van der Waals surface area (Å²) in [6.07, 6.45) is -0.745. The number of hydrogen-bond donors (Lipinski definition) is 2. The summed E-state index contributed by atoms with van der Waals surface area (Å²) in [5, 5.41) is 0. The topological polar surface area (TPSA) is 87.3 Å². The summed E-state index contributed by atoms with van der Waals surface area (Å²) in [4.78, 5) is 9.37. The van der Waals surface area contributed by atoms with Crippen LogP contribution in [-0.4, -0.2) is 13.2 Å². The van der Waals surface area contributed by atoms with Gasteiger partial charge in [0.05, 0.1) is 7.11 Å². The Morgan fingerprint density at radius 3 is 2.00 bits per heavy atom. The van der Waals surface area contributed by atoms with E-state index in [-0.39, 0.29) is 6.15 Å². The molecule has 0 saturated heterocycles. The highest BCUT2D eigenvalue weighted by Crippen LogP contribution is 1.55. The third-order valence-electron chi connectivity index (χ3n) is 0.201. The van der Waals surface area contributed by atoms with Crippen LogP contribution in [0.5, 0.6) is 0 Å². The van der Waals surface area contributed by atoms with Crippen LogP contribution in [0.4, 0.5) is 4.79 Å². The molecule has 0 fully saturated rings. The SMILES string of the molecule is COC(N)=O.N. The monoisotopic (exact) mass is 92.1 g/mol. The van der Waals surface area contributed by atoms with Crippen molar-refractivity contribution >= 4 is 6.09 Å². The van der Waals surface area contributed by atoms with E-state index in [0.717, 1.165) is 0 Å². The van der Waals surface area contributed by atoms with E-state index in [1.165, 1.54) is 7.11 Å². The molecular formula is C2H8N2O2. The van der Waals surface area contributed by atoms with Crippen LogP contribution in [-0.2, 0) is 4.74 Å². The Kier molecular flexibility index (Phi) is 6.32. The number of carbonyl (C=O) groups is 1. The van der Waals surface area contributed by atoms with E-state index in [1.807, 2.05) is 0 Å². The van der Waals surface area contributed by atoms with Crippen molar-refractivity contribution in [2.75, 3.05) is 7.11 Å². The first-order valence-corrected chi connectivity index (χ1v) is 1.11. The van der Waals surface area contributed by atoms with Gasteiger partial charge in [-0.25, -0.2) is 4.79 Å². The van der Waals surface area contributed by atoms with E-state index in [9.17, 15) is 4.79 Å². The molecule has 0 aliphatic heterocycles. The van der Waals surface area contributed by atoms with E-state index < -0.39 is 6.09 Å². The highest BCUT2D eigenvalue weighted by molar-refractivity contribution is 5.64. The maximum absolute atomic E-state index is 9.37. The largest absolute Gasteiger partial charge is 0.453 e. The first-order valence-electron chi connectivity index (χ1n) is 1.11. The Labute approximate surface area is 35.9 Å². The average Bonchev–Trinajstić information content (AvgIpc) is 1.38. The van der Waals surface area contributed by atoms with Gasteiger partial charge in [-0.1, -0.05) is 0 Å². The molecule has 0 aliphatic carbocycles. The second-order valence-electron chi connectivity index (χ2n) is 0.523. The van der Waals surface area contributed by atoms with Gasteiger partial charge in [-0.05, 0) is 0 Å². The zero-order valence-electron chi connectivity index (χ0n) is 3.60. The Hall–Kier alpha value is -0.770. The summed E-state index contributed by atoms with van der Waals surface area (Å²) < 4.78 is 3.89. The van der Waals surface area contributed by atoms with Gasteiger partial charge in [0.15, 0.2) is 0 Å². The van der Waals surface area contributed by atoms with E-state index >= 15 is 0 Å². The van der Waals surface area contributed by atoms with Gasteiger partial charge in [0.2, 0.25) is 0 Å². The number of nitrogens with two attached hydrogens (primary N) is 1. The van der Waals surface area contributed by atoms with Crippen molar-refractivity contribution in [1.29, 1.82) is 0 Å². The minimum Gasteiger partial charge on any atom is -0.453 e. The van der Waals surface area contributed by atoms with E-state index in [1.54, 1.807) is 0 Å². The van der Waals surface area contributed by atoms with Crippen LogP contribution in [0.25, 0.3) is 0 Å². The summed E-state index contributed by atoms with van der Waals surface area (Å²) in [6, 6.07) is 0. The van der Waals surface area contributed by atoms with Crippen LogP contribution in [0.2, 0.25) is 0 Å². The van der Waals surface area contributed by atoms with E-state index in [4.69, 9.17) is 0 Å². The highest BCUT2D eigenvalue weighted by Gasteiger charge is 1.76. The summed E-state index contributed by atoms with van der Waals surface area (Å²) in [7, 11) is 1.22. The summed E-state index contributed by atoms with van der Waals surface area (Å²) in [5.41, 5.74) is 4.43. The Morgan fingerprint density at radius 1 is 1.83 bits per heavy atom. The maximum atomic E-state index is 9.37. The standard InChI is InChI=1S/C2H5NO2.H3N/c1-5-2(3)4;/h1H3,(H2,3,4);1H3. The number of primary amides is 1. The molecule has 0 rings (SSSR count). The summed E-state index contributed by atoms with van der Waals surface area (Å²) >= 11 is 0. The average molecular weight is 92.1 g/mol. The van der Waals surface area contributed by atoms with Crippen LogP contribution in [0.15, 0.2) is 0 Å². The number of amides is 1. The smallest absolute Gasteiger partial charge is 0.404 e. The van der Waals surface area contributed by atoms with Crippen LogP contribution in [0.3, 0.4) is 0 Å². The Balaban J connectivity index is 0. The fourth-order valence-electron chi connectivity index (χ4n) is 0. The number of methoxy groups -OCH3 is 1. The second-order valence-corrected chi connectivity index (χ2v) is 0.523. The van der Waals surface area contributed by atoms with Crippen molar-refractivity contribution in [2.24, 2.45) is 5.73 Å². The molecule has 38 valence electrons. The molecule has 0 aromatic heterocycles. The number of hydrogen-bond acceptors (Lipinski definition) is 3. The molecule has 6 heavy (non-hydrogen) atoms. The second kappa shape index (κ2) is 4.23. The molecule has 0 saturated carbocycles. The molecule has 0 bridgehead atoms. The van der Waals surface area contributed by atoms with Crippen LogP contribution in [0, 0.1) is 0 Å². The van der Waals surface area contributed by atoms with Crippen molar-refractivity contribution in [3.05, 3.63) is 0 Å². The Bertz CT molecular complexity index is 44.8. The molecule has 0 heterocycles. The van der Waals surface area contributed by atoms with E-state index in [0.29, 0.717) is 0 Å². The normalized spacial score (nSPS) is 5.50. The van der Waals surface area contributed by atoms with Gasteiger partial charge in [-0.3, -0.25) is 0 Å². The summed E-state index contributed by atoms with van der Waals surface area (Å²) in [5.74, 6) is 0. The zero-order chi connectivity index (χ0) is 4.28. The molecule has 0 spiro atoms. The fraction of sp³-hybridized carbons (Fsp3) is 0.500. The molecule has 0 radical (unpaired) electrons. The number of rotatable bonds is 0. The van der Waals surface area contributed by atoms with E-state index in [2.05, 4.69) is 10.5 Å². The van der Waals surface area contributed by atoms with Gasteiger partial charge in [0.1, 0.15) is 0 Å². The van der Waals surface area contributed by atoms with Crippen LogP contribution < -0.4 is 11.9 Å². The molecule has 0 aromatic carbocycles. The quantitative estimate of drug-likeness (QED) is 0.436. The third kappa shape index (κ3) is 10.6. The van der Waals surface area contributed by atoms with Crippen molar-refractivity contribution in [1.82, 2.24) is 6.15 Å². The van der Waals surface area contributed by atoms with Gasteiger partial charge in [0.25, 0.3) is 0 Å². The minimum absolute atomic E-state index is 0. The lowest BCUT2D eigenvalue weighted by atomic mass is 11.3. The minimum atomic E-state index is -0.745. The number of ether oxygens (including phenoxy) is 1. The molecule has 0 aliphatic rings. The fourth-order valence-corrected chi connectivity index (χ4v) is 0. The van der Waals surface area contributed by atoms with Crippen molar-refractivity contribution in [3.8, 4) is 0 Å². The van der Waals surface area contributed by atoms with Gasteiger partial charge < -0.3 is 16.6 Å².